The van der Waals surface area contributed by atoms with E-state index in [1.165, 1.54) is 22.7 Å². The third-order valence-electron chi connectivity index (χ3n) is 7.43. The molecule has 2 aliphatic rings. The van der Waals surface area contributed by atoms with Crippen LogP contribution in [0.4, 0.5) is 10.3 Å². The Bertz CT molecular complexity index is 1300. The van der Waals surface area contributed by atoms with Crippen LogP contribution in [0, 0.1) is 0 Å². The number of anilines is 2. The smallest absolute Gasteiger partial charge is 0.323 e. The number of hydrogen-bond acceptors (Lipinski definition) is 12. The lowest BCUT2D eigenvalue weighted by atomic mass is 10.0. The van der Waals surface area contributed by atoms with Crippen LogP contribution in [0.25, 0.3) is 20.4 Å². The molecule has 2 unspecified atom stereocenters. The Morgan fingerprint density at radius 3 is 1.64 bits per heavy atom. The van der Waals surface area contributed by atoms with Gasteiger partial charge in [0.05, 0.1) is 46.7 Å². The molecule has 14 heteroatoms. The van der Waals surface area contributed by atoms with Crippen molar-refractivity contribution >= 4 is 77.1 Å². The molecule has 42 heavy (non-hydrogen) atoms. The number of carbonyl (C=O) groups excluding carboxylic acids is 4. The van der Waals surface area contributed by atoms with Crippen molar-refractivity contribution in [3.05, 3.63) is 12.1 Å². The van der Waals surface area contributed by atoms with E-state index in [-0.39, 0.29) is 36.8 Å². The number of likely N-dealkylation sites (tertiary alicyclic amines) is 2. The molecule has 0 bridgehead atoms. The summed E-state index contributed by atoms with van der Waals surface area (Å²) in [6.45, 7) is 5.72. The van der Waals surface area contributed by atoms with Crippen molar-refractivity contribution in [3.8, 4) is 0 Å². The number of aromatic nitrogens is 2. The molecule has 2 atom stereocenters. The van der Waals surface area contributed by atoms with Crippen LogP contribution in [0.5, 0.6) is 0 Å². The summed E-state index contributed by atoms with van der Waals surface area (Å²) in [6.07, 6.45) is 5.11. The molecule has 2 fully saturated rings. The number of esters is 2. The predicted octanol–water partition coefficient (Wildman–Crippen LogP) is 3.62. The summed E-state index contributed by atoms with van der Waals surface area (Å²) in [5.41, 5.74) is 1.39. The van der Waals surface area contributed by atoms with Crippen LogP contribution < -0.4 is 10.6 Å². The third-order valence-corrected chi connectivity index (χ3v) is 9.30. The minimum atomic E-state index is -0.397. The number of amides is 2. The van der Waals surface area contributed by atoms with Gasteiger partial charge in [0.1, 0.15) is 12.1 Å². The Morgan fingerprint density at radius 1 is 0.762 bits per heavy atom. The molecule has 0 aliphatic carbocycles. The van der Waals surface area contributed by atoms with Gasteiger partial charge in [-0.2, -0.15) is 0 Å². The van der Waals surface area contributed by atoms with E-state index in [0.29, 0.717) is 60.4 Å². The molecule has 12 nitrogen and oxygen atoms in total. The molecule has 2 N–H and O–H groups in total. The fraction of sp³-hybridized carbons (Fsp3) is 0.571. The molecule has 1 aromatic carbocycles. The van der Waals surface area contributed by atoms with Gasteiger partial charge in [0.25, 0.3) is 0 Å². The SMILES string of the molecule is CCOC(=O)C1CCCCN1CC(=O)Nc1nc2cc3nc(NC(=O)CN4CCCCC4C(=O)OCC)sc3cc2s1. The summed E-state index contributed by atoms with van der Waals surface area (Å²) in [4.78, 5) is 63.2. The average molecular weight is 617 g/mol. The van der Waals surface area contributed by atoms with Crippen molar-refractivity contribution < 1.29 is 28.7 Å². The first kappa shape index (κ1) is 30.3. The molecular formula is C28H36N6O6S2. The van der Waals surface area contributed by atoms with E-state index in [4.69, 9.17) is 9.47 Å². The lowest BCUT2D eigenvalue weighted by Gasteiger charge is -2.33. The van der Waals surface area contributed by atoms with Gasteiger partial charge in [0.15, 0.2) is 10.3 Å². The second kappa shape index (κ2) is 13.8. The van der Waals surface area contributed by atoms with Crippen molar-refractivity contribution in [2.24, 2.45) is 0 Å². The van der Waals surface area contributed by atoms with Gasteiger partial charge in [-0.25, -0.2) is 9.97 Å². The van der Waals surface area contributed by atoms with Crippen LogP contribution in [-0.4, -0.2) is 95.0 Å². The first-order valence-corrected chi connectivity index (χ1v) is 16.1. The fourth-order valence-electron chi connectivity index (χ4n) is 5.51. The number of ether oxygens (including phenoxy) is 2. The van der Waals surface area contributed by atoms with E-state index in [9.17, 15) is 19.2 Å². The topological polar surface area (TPSA) is 143 Å². The maximum atomic E-state index is 12.8. The van der Waals surface area contributed by atoms with Crippen molar-refractivity contribution in [3.63, 3.8) is 0 Å². The van der Waals surface area contributed by atoms with E-state index in [0.717, 1.165) is 35.1 Å². The number of thiazole rings is 2. The highest BCUT2D eigenvalue weighted by Crippen LogP contribution is 2.34. The monoisotopic (exact) mass is 616 g/mol. The second-order valence-electron chi connectivity index (χ2n) is 10.4. The van der Waals surface area contributed by atoms with E-state index >= 15 is 0 Å². The van der Waals surface area contributed by atoms with Crippen molar-refractivity contribution in [2.45, 2.75) is 64.5 Å². The van der Waals surface area contributed by atoms with Crippen LogP contribution in [0.15, 0.2) is 12.1 Å². The summed E-state index contributed by atoms with van der Waals surface area (Å²) >= 11 is 2.72. The summed E-state index contributed by atoms with van der Waals surface area (Å²) in [7, 11) is 0. The Morgan fingerprint density at radius 2 is 1.21 bits per heavy atom. The van der Waals surface area contributed by atoms with Gasteiger partial charge in [0, 0.05) is 0 Å². The third kappa shape index (κ3) is 7.22. The zero-order valence-corrected chi connectivity index (χ0v) is 25.5. The number of fused-ring (bicyclic) bond motifs is 2. The largest absolute Gasteiger partial charge is 0.465 e. The summed E-state index contributed by atoms with van der Waals surface area (Å²) < 4.78 is 12.2. The number of carbonyl (C=O) groups is 4. The number of piperidine rings is 2. The van der Waals surface area contributed by atoms with Crippen LogP contribution in [-0.2, 0) is 28.7 Å². The molecule has 2 aliphatic heterocycles. The van der Waals surface area contributed by atoms with Crippen LogP contribution in [0.3, 0.4) is 0 Å². The molecule has 5 rings (SSSR count). The minimum Gasteiger partial charge on any atom is -0.465 e. The number of benzene rings is 1. The van der Waals surface area contributed by atoms with Crippen LogP contribution in [0.1, 0.15) is 52.4 Å². The standard InChI is InChI=1S/C28H36N6O6S2/c1-3-39-25(37)19-9-5-7-11-33(19)15-23(35)31-27-29-17-13-18-22(14-21(17)41-27)42-28(30-18)32-24(36)16-34-12-8-6-10-20(34)26(38)40-4-2/h13-14,19-20H,3-12,15-16H2,1-2H3,(H,29,31,35)(H,30,32,36). The summed E-state index contributed by atoms with van der Waals surface area (Å²) in [6, 6.07) is 3.00. The quantitative estimate of drug-likeness (QED) is 0.324. The molecule has 0 radical (unpaired) electrons. The highest BCUT2D eigenvalue weighted by Gasteiger charge is 2.32. The van der Waals surface area contributed by atoms with Gasteiger partial charge in [-0.15, -0.1) is 0 Å². The molecule has 4 heterocycles. The lowest BCUT2D eigenvalue weighted by molar-refractivity contribution is -0.152. The molecule has 0 saturated carbocycles. The van der Waals surface area contributed by atoms with Gasteiger partial charge in [0.2, 0.25) is 11.8 Å². The normalized spacial score (nSPS) is 20.0. The Balaban J connectivity index is 1.20. The van der Waals surface area contributed by atoms with E-state index < -0.39 is 12.1 Å². The molecule has 3 aromatic rings. The van der Waals surface area contributed by atoms with Gasteiger partial charge < -0.3 is 20.1 Å². The Kier molecular flexibility index (Phi) is 9.98. The van der Waals surface area contributed by atoms with E-state index in [1.807, 2.05) is 21.9 Å². The fourth-order valence-corrected chi connectivity index (χ4v) is 7.40. The molecule has 226 valence electrons. The zero-order valence-electron chi connectivity index (χ0n) is 23.8. The zero-order chi connectivity index (χ0) is 29.6. The average Bonchev–Trinajstić information content (AvgIpc) is 3.53. The predicted molar refractivity (Wildman–Crippen MR) is 162 cm³/mol. The Hall–Kier alpha value is -3.20. The first-order valence-electron chi connectivity index (χ1n) is 14.5. The molecule has 2 aromatic heterocycles. The summed E-state index contributed by atoms with van der Waals surface area (Å²) in [5.74, 6) is -1.01. The Labute approximate surface area is 251 Å². The van der Waals surface area contributed by atoms with Gasteiger partial charge in [-0.1, -0.05) is 35.5 Å². The van der Waals surface area contributed by atoms with Crippen LogP contribution in [0.2, 0.25) is 0 Å². The van der Waals surface area contributed by atoms with Crippen LogP contribution >= 0.6 is 22.7 Å². The van der Waals surface area contributed by atoms with Gasteiger partial charge in [-0.3, -0.25) is 29.0 Å². The van der Waals surface area contributed by atoms with Crippen molar-refractivity contribution in [1.29, 1.82) is 0 Å². The highest BCUT2D eigenvalue weighted by molar-refractivity contribution is 7.24. The number of nitrogens with one attached hydrogen (secondary N) is 2. The molecule has 2 amide bonds. The maximum Gasteiger partial charge on any atom is 0.323 e. The second-order valence-corrected chi connectivity index (χ2v) is 12.5. The molecule has 2 saturated heterocycles. The van der Waals surface area contributed by atoms with Gasteiger partial charge >= 0.3 is 11.9 Å². The number of rotatable bonds is 10. The summed E-state index contributed by atoms with van der Waals surface area (Å²) in [5, 5.41) is 6.70. The highest BCUT2D eigenvalue weighted by atomic mass is 32.1. The number of hydrogen-bond donors (Lipinski definition) is 2. The van der Waals surface area contributed by atoms with Gasteiger partial charge in [-0.05, 0) is 64.8 Å². The van der Waals surface area contributed by atoms with E-state index in [1.54, 1.807) is 13.8 Å². The lowest BCUT2D eigenvalue weighted by Crippen LogP contribution is -2.48. The molecule has 0 spiro atoms. The van der Waals surface area contributed by atoms with E-state index in [2.05, 4.69) is 20.6 Å². The number of nitrogens with zero attached hydrogens (tertiary/aromatic N) is 4. The first-order chi connectivity index (χ1) is 20.3. The maximum absolute atomic E-state index is 12.8. The van der Waals surface area contributed by atoms with Crippen molar-refractivity contribution in [2.75, 3.05) is 50.0 Å². The molecular weight excluding hydrogens is 580 g/mol. The van der Waals surface area contributed by atoms with Crippen molar-refractivity contribution in [1.82, 2.24) is 19.8 Å². The minimum absolute atomic E-state index is 0.0943.